The Balaban J connectivity index is 2.10. The summed E-state index contributed by atoms with van der Waals surface area (Å²) in [6, 6.07) is 10.8. The minimum atomic E-state index is -0.411. The van der Waals surface area contributed by atoms with Crippen LogP contribution in [0.1, 0.15) is 11.1 Å². The summed E-state index contributed by atoms with van der Waals surface area (Å²) in [7, 11) is 0. The maximum atomic E-state index is 10.7. The lowest BCUT2D eigenvalue weighted by Gasteiger charge is -2.09. The van der Waals surface area contributed by atoms with Gasteiger partial charge in [0, 0.05) is 33.3 Å². The van der Waals surface area contributed by atoms with Gasteiger partial charge in [-0.25, -0.2) is 0 Å². The molecule has 2 rings (SSSR count). The number of rotatable bonds is 4. The van der Waals surface area contributed by atoms with E-state index in [0.29, 0.717) is 11.0 Å². The molecule has 20 heavy (non-hydrogen) atoms. The van der Waals surface area contributed by atoms with Gasteiger partial charge in [-0.15, -0.1) is 0 Å². The van der Waals surface area contributed by atoms with Crippen molar-refractivity contribution in [3.05, 3.63) is 66.6 Å². The molecule has 0 fully saturated rings. The van der Waals surface area contributed by atoms with Gasteiger partial charge in [0.05, 0.1) is 4.92 Å². The first-order valence-corrected chi connectivity index (χ1v) is 7.49. The molecule has 4 nitrogen and oxygen atoms in total. The summed E-state index contributed by atoms with van der Waals surface area (Å²) in [4.78, 5) is 10.3. The third-order valence-corrected chi connectivity index (χ3v) is 4.39. The number of hydrogen-bond donors (Lipinski definition) is 1. The Morgan fingerprint density at radius 3 is 2.50 bits per heavy atom. The number of nitro benzene ring substituents is 1. The minimum Gasteiger partial charge on any atom is -0.380 e. The highest BCUT2D eigenvalue weighted by atomic mass is 79.9. The molecule has 2 aromatic rings. The van der Waals surface area contributed by atoms with Crippen LogP contribution in [0, 0.1) is 17.0 Å². The molecule has 0 aliphatic heterocycles. The molecular weight excluding hydrogens is 388 g/mol. The summed E-state index contributed by atoms with van der Waals surface area (Å²) >= 11 is 6.84. The van der Waals surface area contributed by atoms with Crippen LogP contribution in [0.5, 0.6) is 0 Å². The molecule has 2 aromatic carbocycles. The van der Waals surface area contributed by atoms with E-state index < -0.39 is 4.92 Å². The van der Waals surface area contributed by atoms with Gasteiger partial charge in [0.1, 0.15) is 0 Å². The number of halogens is 2. The van der Waals surface area contributed by atoms with Crippen LogP contribution < -0.4 is 5.32 Å². The molecular formula is C14H12Br2N2O2. The monoisotopic (exact) mass is 398 g/mol. The van der Waals surface area contributed by atoms with Crippen molar-refractivity contribution >= 4 is 43.2 Å². The van der Waals surface area contributed by atoms with Crippen molar-refractivity contribution in [3.8, 4) is 0 Å². The lowest BCUT2D eigenvalue weighted by molar-refractivity contribution is -0.384. The molecule has 0 heterocycles. The van der Waals surface area contributed by atoms with Crippen LogP contribution in [-0.4, -0.2) is 4.92 Å². The molecule has 104 valence electrons. The first-order chi connectivity index (χ1) is 9.47. The maximum absolute atomic E-state index is 10.7. The van der Waals surface area contributed by atoms with Crippen molar-refractivity contribution in [3.63, 3.8) is 0 Å². The van der Waals surface area contributed by atoms with E-state index in [1.165, 1.54) is 17.7 Å². The highest BCUT2D eigenvalue weighted by molar-refractivity contribution is 9.10. The number of nitro groups is 1. The van der Waals surface area contributed by atoms with Gasteiger partial charge in [0.25, 0.3) is 5.69 Å². The van der Waals surface area contributed by atoms with Gasteiger partial charge in [-0.3, -0.25) is 10.1 Å². The number of benzene rings is 2. The second kappa shape index (κ2) is 6.37. The molecule has 1 N–H and O–H groups in total. The summed E-state index contributed by atoms with van der Waals surface area (Å²) in [6.45, 7) is 2.68. The van der Waals surface area contributed by atoms with E-state index in [0.717, 1.165) is 15.7 Å². The van der Waals surface area contributed by atoms with E-state index >= 15 is 0 Å². The molecule has 0 aliphatic carbocycles. The SMILES string of the molecule is Cc1ccc(CNc2ccc([N+](=O)[O-])cc2Br)cc1Br. The molecule has 0 aliphatic rings. The van der Waals surface area contributed by atoms with Crippen LogP contribution in [-0.2, 0) is 6.54 Å². The van der Waals surface area contributed by atoms with Crippen molar-refractivity contribution in [1.82, 2.24) is 0 Å². The zero-order valence-corrected chi connectivity index (χ0v) is 13.9. The number of hydrogen-bond acceptors (Lipinski definition) is 3. The Bertz CT molecular complexity index is 660. The quantitative estimate of drug-likeness (QED) is 0.578. The van der Waals surface area contributed by atoms with Gasteiger partial charge in [-0.2, -0.15) is 0 Å². The molecule has 0 saturated heterocycles. The summed E-state index contributed by atoms with van der Waals surface area (Å²) in [6.07, 6.45) is 0. The van der Waals surface area contributed by atoms with Gasteiger partial charge >= 0.3 is 0 Å². The molecule has 0 radical (unpaired) electrons. The van der Waals surface area contributed by atoms with Crippen LogP contribution in [0.3, 0.4) is 0 Å². The van der Waals surface area contributed by atoms with Crippen molar-refractivity contribution in [2.45, 2.75) is 13.5 Å². The third kappa shape index (κ3) is 3.58. The topological polar surface area (TPSA) is 55.2 Å². The van der Waals surface area contributed by atoms with Gasteiger partial charge < -0.3 is 5.32 Å². The molecule has 0 bridgehead atoms. The maximum Gasteiger partial charge on any atom is 0.270 e. The summed E-state index contributed by atoms with van der Waals surface area (Å²) < 4.78 is 1.75. The van der Waals surface area contributed by atoms with Crippen molar-refractivity contribution < 1.29 is 4.92 Å². The molecule has 0 atom stereocenters. The second-order valence-corrected chi connectivity index (χ2v) is 6.07. The smallest absolute Gasteiger partial charge is 0.270 e. The predicted octanol–water partition coefficient (Wildman–Crippen LogP) is 5.04. The van der Waals surface area contributed by atoms with Crippen LogP contribution in [0.25, 0.3) is 0 Å². The fraction of sp³-hybridized carbons (Fsp3) is 0.143. The Labute approximate surface area is 133 Å². The molecule has 0 aromatic heterocycles. The van der Waals surface area contributed by atoms with Crippen LogP contribution in [0.15, 0.2) is 45.3 Å². The zero-order valence-electron chi connectivity index (χ0n) is 10.7. The Kier molecular flexibility index (Phi) is 4.77. The number of non-ortho nitro benzene ring substituents is 1. The number of nitrogens with zero attached hydrogens (tertiary/aromatic N) is 1. The van der Waals surface area contributed by atoms with E-state index in [2.05, 4.69) is 43.2 Å². The van der Waals surface area contributed by atoms with Crippen LogP contribution in [0.4, 0.5) is 11.4 Å². The fourth-order valence-electron chi connectivity index (χ4n) is 1.70. The third-order valence-electron chi connectivity index (χ3n) is 2.88. The van der Waals surface area contributed by atoms with Gasteiger partial charge in [-0.05, 0) is 46.1 Å². The molecule has 0 amide bonds. The number of aryl methyl sites for hydroxylation is 1. The minimum absolute atomic E-state index is 0.0699. The Morgan fingerprint density at radius 2 is 1.90 bits per heavy atom. The summed E-state index contributed by atoms with van der Waals surface area (Å²) in [5.41, 5.74) is 3.21. The fourth-order valence-corrected chi connectivity index (χ4v) is 2.64. The first-order valence-electron chi connectivity index (χ1n) is 5.90. The Hall–Kier alpha value is -1.40. The van der Waals surface area contributed by atoms with Crippen molar-refractivity contribution in [2.24, 2.45) is 0 Å². The van der Waals surface area contributed by atoms with E-state index in [4.69, 9.17) is 0 Å². The average molecular weight is 400 g/mol. The normalized spacial score (nSPS) is 10.3. The second-order valence-electron chi connectivity index (χ2n) is 4.36. The van der Waals surface area contributed by atoms with E-state index in [-0.39, 0.29) is 5.69 Å². The first kappa shape index (κ1) is 15.0. The lowest BCUT2D eigenvalue weighted by atomic mass is 10.1. The van der Waals surface area contributed by atoms with Crippen molar-refractivity contribution in [2.75, 3.05) is 5.32 Å². The summed E-state index contributed by atoms with van der Waals surface area (Å²) in [5.74, 6) is 0. The molecule has 0 saturated carbocycles. The Morgan fingerprint density at radius 1 is 1.15 bits per heavy atom. The van der Waals surface area contributed by atoms with E-state index in [1.807, 2.05) is 19.1 Å². The van der Waals surface area contributed by atoms with E-state index in [9.17, 15) is 10.1 Å². The highest BCUT2D eigenvalue weighted by Crippen LogP contribution is 2.27. The average Bonchev–Trinajstić information content (AvgIpc) is 2.41. The standard InChI is InChI=1S/C14H12Br2N2O2/c1-9-2-3-10(6-12(9)15)8-17-14-5-4-11(18(19)20)7-13(14)16/h2-7,17H,8H2,1H3. The summed E-state index contributed by atoms with van der Waals surface area (Å²) in [5, 5.41) is 13.9. The highest BCUT2D eigenvalue weighted by Gasteiger charge is 2.08. The molecule has 0 spiro atoms. The van der Waals surface area contributed by atoms with Gasteiger partial charge in [-0.1, -0.05) is 28.1 Å². The number of anilines is 1. The lowest BCUT2D eigenvalue weighted by Crippen LogP contribution is -2.00. The number of nitrogens with one attached hydrogen (secondary N) is 1. The largest absolute Gasteiger partial charge is 0.380 e. The van der Waals surface area contributed by atoms with E-state index in [1.54, 1.807) is 6.07 Å². The zero-order chi connectivity index (χ0) is 14.7. The van der Waals surface area contributed by atoms with Gasteiger partial charge in [0.15, 0.2) is 0 Å². The van der Waals surface area contributed by atoms with Gasteiger partial charge in [0.2, 0.25) is 0 Å². The molecule has 6 heteroatoms. The van der Waals surface area contributed by atoms with Crippen molar-refractivity contribution in [1.29, 1.82) is 0 Å². The molecule has 0 unspecified atom stereocenters. The van der Waals surface area contributed by atoms with Crippen LogP contribution in [0.2, 0.25) is 0 Å². The van der Waals surface area contributed by atoms with Crippen LogP contribution >= 0.6 is 31.9 Å². The predicted molar refractivity (Wildman–Crippen MR) is 87.0 cm³/mol.